The van der Waals surface area contributed by atoms with Crippen LogP contribution in [0.2, 0.25) is 0 Å². The molecule has 1 amide bonds. The van der Waals surface area contributed by atoms with Crippen LogP contribution in [-0.2, 0) is 0 Å². The van der Waals surface area contributed by atoms with E-state index in [2.05, 4.69) is 44.9 Å². The Labute approximate surface area is 162 Å². The van der Waals surface area contributed by atoms with Gasteiger partial charge in [-0.05, 0) is 84.4 Å². The fraction of sp³-hybridized carbons (Fsp3) is 0.350. The Hall–Kier alpha value is -1.60. The number of carbonyl (C=O) groups is 1. The normalized spacial score (nSPS) is 15.8. The minimum atomic E-state index is -0.0174. The van der Waals surface area contributed by atoms with Crippen LogP contribution in [0.15, 0.2) is 48.5 Å². The van der Waals surface area contributed by atoms with E-state index in [4.69, 9.17) is 4.74 Å². The topological polar surface area (TPSA) is 41.6 Å². The van der Waals surface area contributed by atoms with E-state index in [1.54, 1.807) is 7.11 Å². The molecule has 3 rings (SSSR count). The molecule has 0 unspecified atom stereocenters. The van der Waals surface area contributed by atoms with Crippen LogP contribution in [0.1, 0.15) is 34.8 Å². The molecule has 1 saturated heterocycles. The van der Waals surface area contributed by atoms with Crippen molar-refractivity contribution in [2.45, 2.75) is 18.9 Å². The first kappa shape index (κ1) is 18.2. The zero-order valence-electron chi connectivity index (χ0n) is 14.4. The van der Waals surface area contributed by atoms with Gasteiger partial charge in [-0.2, -0.15) is 0 Å². The lowest BCUT2D eigenvalue weighted by Crippen LogP contribution is -2.36. The summed E-state index contributed by atoms with van der Waals surface area (Å²) < 4.78 is 6.32. The number of nitrogens with zero attached hydrogens (tertiary/aromatic N) is 1. The zero-order chi connectivity index (χ0) is 17.6. The highest BCUT2D eigenvalue weighted by atomic mass is 127. The summed E-state index contributed by atoms with van der Waals surface area (Å²) in [7, 11) is 1.68. The summed E-state index contributed by atoms with van der Waals surface area (Å²) in [5.74, 6) is 0.836. The summed E-state index contributed by atoms with van der Waals surface area (Å²) in [5, 5.41) is 3.12. The molecule has 2 aromatic carbocycles. The first-order valence-corrected chi connectivity index (χ1v) is 9.67. The summed E-state index contributed by atoms with van der Waals surface area (Å²) in [5.41, 5.74) is 1.92. The Balaban J connectivity index is 1.72. The highest BCUT2D eigenvalue weighted by Gasteiger charge is 2.24. The predicted octanol–water partition coefficient (Wildman–Crippen LogP) is 3.87. The van der Waals surface area contributed by atoms with Crippen molar-refractivity contribution in [3.05, 3.63) is 63.2 Å². The third-order valence-electron chi connectivity index (χ3n) is 4.62. The van der Waals surface area contributed by atoms with Crippen molar-refractivity contribution in [3.63, 3.8) is 0 Å². The number of carbonyl (C=O) groups excluding carboxylic acids is 1. The van der Waals surface area contributed by atoms with Crippen molar-refractivity contribution >= 4 is 28.5 Å². The van der Waals surface area contributed by atoms with Crippen molar-refractivity contribution in [1.29, 1.82) is 0 Å². The van der Waals surface area contributed by atoms with Crippen LogP contribution in [0.4, 0.5) is 0 Å². The largest absolute Gasteiger partial charge is 0.497 e. The van der Waals surface area contributed by atoms with Gasteiger partial charge in [0.05, 0.1) is 13.2 Å². The van der Waals surface area contributed by atoms with Gasteiger partial charge < -0.3 is 10.1 Å². The van der Waals surface area contributed by atoms with E-state index >= 15 is 0 Å². The van der Waals surface area contributed by atoms with Crippen LogP contribution >= 0.6 is 22.6 Å². The molecule has 2 aromatic rings. The maximum Gasteiger partial charge on any atom is 0.251 e. The molecule has 0 aromatic heterocycles. The van der Waals surface area contributed by atoms with Gasteiger partial charge in [0.2, 0.25) is 0 Å². The van der Waals surface area contributed by atoms with E-state index in [0.717, 1.165) is 22.4 Å². The average molecular weight is 450 g/mol. The Bertz CT molecular complexity index is 712. The van der Waals surface area contributed by atoms with Crippen LogP contribution in [0.3, 0.4) is 0 Å². The molecule has 5 heteroatoms. The van der Waals surface area contributed by atoms with Crippen LogP contribution in [0, 0.1) is 3.57 Å². The number of likely N-dealkylation sites (tertiary alicyclic amines) is 1. The maximum absolute atomic E-state index is 12.5. The van der Waals surface area contributed by atoms with Crippen LogP contribution in [0.5, 0.6) is 5.75 Å². The Morgan fingerprint density at radius 1 is 1.20 bits per heavy atom. The van der Waals surface area contributed by atoms with Gasteiger partial charge in [0.25, 0.3) is 5.91 Å². The smallest absolute Gasteiger partial charge is 0.251 e. The number of hydrogen-bond donors (Lipinski definition) is 1. The summed E-state index contributed by atoms with van der Waals surface area (Å²) in [4.78, 5) is 15.0. The fourth-order valence-corrected chi connectivity index (χ4v) is 3.80. The number of rotatable bonds is 6. The molecular formula is C20H23IN2O2. The SMILES string of the molecule is COc1ccc([C@@H](CNC(=O)c2cccc(I)c2)N2CCCC2)cc1. The van der Waals surface area contributed by atoms with Gasteiger partial charge in [0.15, 0.2) is 0 Å². The molecule has 25 heavy (non-hydrogen) atoms. The quantitative estimate of drug-likeness (QED) is 0.680. The third-order valence-corrected chi connectivity index (χ3v) is 5.30. The third kappa shape index (κ3) is 4.73. The average Bonchev–Trinajstić information content (AvgIpc) is 3.16. The van der Waals surface area contributed by atoms with Crippen LogP contribution in [0.25, 0.3) is 0 Å². The van der Waals surface area contributed by atoms with E-state index in [1.807, 2.05) is 36.4 Å². The van der Waals surface area contributed by atoms with Crippen molar-refractivity contribution in [1.82, 2.24) is 10.2 Å². The molecule has 4 nitrogen and oxygen atoms in total. The van der Waals surface area contributed by atoms with Gasteiger partial charge in [-0.1, -0.05) is 18.2 Å². The summed E-state index contributed by atoms with van der Waals surface area (Å²) in [6.45, 7) is 2.77. The van der Waals surface area contributed by atoms with Crippen molar-refractivity contribution < 1.29 is 9.53 Å². The minimum absolute atomic E-state index is 0.0174. The Morgan fingerprint density at radius 3 is 2.56 bits per heavy atom. The number of halogens is 1. The lowest BCUT2D eigenvalue weighted by molar-refractivity contribution is 0.0938. The van der Waals surface area contributed by atoms with Gasteiger partial charge >= 0.3 is 0 Å². The number of hydrogen-bond acceptors (Lipinski definition) is 3. The molecule has 1 heterocycles. The summed E-state index contributed by atoms with van der Waals surface area (Å²) >= 11 is 2.23. The number of ether oxygens (including phenoxy) is 1. The van der Waals surface area contributed by atoms with E-state index in [9.17, 15) is 4.79 Å². The maximum atomic E-state index is 12.5. The Kier molecular flexibility index (Phi) is 6.31. The fourth-order valence-electron chi connectivity index (χ4n) is 3.26. The molecule has 1 atom stereocenters. The van der Waals surface area contributed by atoms with Crippen LogP contribution in [-0.4, -0.2) is 37.6 Å². The van der Waals surface area contributed by atoms with Gasteiger partial charge in [-0.25, -0.2) is 0 Å². The molecule has 1 fully saturated rings. The number of amides is 1. The molecule has 0 radical (unpaired) electrons. The van der Waals surface area contributed by atoms with E-state index in [-0.39, 0.29) is 11.9 Å². The van der Waals surface area contributed by atoms with Gasteiger partial charge in [-0.15, -0.1) is 0 Å². The standard InChI is InChI=1S/C20H23IN2O2/c1-25-18-9-7-15(8-10-18)19(23-11-2-3-12-23)14-22-20(24)16-5-4-6-17(21)13-16/h4-10,13,19H,2-3,11-12,14H2,1H3,(H,22,24)/t19-/m1/s1. The number of nitrogens with one attached hydrogen (secondary N) is 1. The first-order valence-electron chi connectivity index (χ1n) is 8.59. The molecule has 0 spiro atoms. The van der Waals surface area contributed by atoms with Gasteiger partial charge in [0, 0.05) is 15.7 Å². The van der Waals surface area contributed by atoms with E-state index in [1.165, 1.54) is 18.4 Å². The molecular weight excluding hydrogens is 427 g/mol. The highest BCUT2D eigenvalue weighted by Crippen LogP contribution is 2.26. The second kappa shape index (κ2) is 8.67. The zero-order valence-corrected chi connectivity index (χ0v) is 16.5. The summed E-state index contributed by atoms with van der Waals surface area (Å²) in [6.07, 6.45) is 2.44. The van der Waals surface area contributed by atoms with Gasteiger partial charge in [0.1, 0.15) is 5.75 Å². The first-order chi connectivity index (χ1) is 12.2. The summed E-state index contributed by atoms with van der Waals surface area (Å²) in [6, 6.07) is 16.0. The molecule has 1 aliphatic heterocycles. The molecule has 0 aliphatic carbocycles. The van der Waals surface area contributed by atoms with Gasteiger partial charge in [-0.3, -0.25) is 9.69 Å². The van der Waals surface area contributed by atoms with Crippen molar-refractivity contribution in [2.24, 2.45) is 0 Å². The second-order valence-electron chi connectivity index (χ2n) is 6.25. The molecule has 132 valence electrons. The lowest BCUT2D eigenvalue weighted by atomic mass is 10.0. The van der Waals surface area contributed by atoms with E-state index in [0.29, 0.717) is 12.1 Å². The number of benzene rings is 2. The molecule has 0 saturated carbocycles. The molecule has 0 bridgehead atoms. The minimum Gasteiger partial charge on any atom is -0.497 e. The van der Waals surface area contributed by atoms with Crippen LogP contribution < -0.4 is 10.1 Å². The Morgan fingerprint density at radius 2 is 1.92 bits per heavy atom. The number of methoxy groups -OCH3 is 1. The highest BCUT2D eigenvalue weighted by molar-refractivity contribution is 14.1. The predicted molar refractivity (Wildman–Crippen MR) is 108 cm³/mol. The molecule has 1 aliphatic rings. The second-order valence-corrected chi connectivity index (χ2v) is 7.50. The lowest BCUT2D eigenvalue weighted by Gasteiger charge is -2.28. The van der Waals surface area contributed by atoms with Crippen molar-refractivity contribution in [2.75, 3.05) is 26.7 Å². The molecule has 1 N–H and O–H groups in total. The monoisotopic (exact) mass is 450 g/mol. The van der Waals surface area contributed by atoms with E-state index < -0.39 is 0 Å². The van der Waals surface area contributed by atoms with Crippen molar-refractivity contribution in [3.8, 4) is 5.75 Å².